The van der Waals surface area contributed by atoms with Gasteiger partial charge in [0.15, 0.2) is 0 Å². The second-order valence-electron chi connectivity index (χ2n) is 14.7. The lowest BCUT2D eigenvalue weighted by Gasteiger charge is -2.22. The highest BCUT2D eigenvalue weighted by Crippen LogP contribution is 2.39. The first-order valence-electron chi connectivity index (χ1n) is 18.3. The number of imidazole rings is 2. The lowest BCUT2D eigenvalue weighted by molar-refractivity contribution is 0.483. The second kappa shape index (κ2) is 14.1. The molecule has 0 saturated heterocycles. The zero-order valence-electron chi connectivity index (χ0n) is 31.1. The molecular formula is C46H48N4O. The highest BCUT2D eigenvalue weighted by Gasteiger charge is 2.23. The van der Waals surface area contributed by atoms with Crippen LogP contribution in [0.3, 0.4) is 0 Å². The van der Waals surface area contributed by atoms with Gasteiger partial charge in [0.05, 0.1) is 22.4 Å². The van der Waals surface area contributed by atoms with Gasteiger partial charge in [0, 0.05) is 23.5 Å². The molecule has 0 atom stereocenters. The SMILES string of the molecule is CC(C)c1cccc(C(C)C)c1-n1ccnc1-c1cccc(Oc2cccc(-c3nc4ccccc4n3-c3c(C(C)C)cccc3C(C)C)c2)c1. The van der Waals surface area contributed by atoms with Crippen molar-refractivity contribution in [2.75, 3.05) is 0 Å². The summed E-state index contributed by atoms with van der Waals surface area (Å²) in [6, 6.07) is 38.3. The summed E-state index contributed by atoms with van der Waals surface area (Å²) in [5.74, 6) is 4.74. The Hall–Kier alpha value is -5.42. The average Bonchev–Trinajstić information content (AvgIpc) is 3.77. The van der Waals surface area contributed by atoms with Crippen molar-refractivity contribution < 1.29 is 4.74 Å². The van der Waals surface area contributed by atoms with E-state index in [1.165, 1.54) is 33.6 Å². The van der Waals surface area contributed by atoms with Crippen LogP contribution in [0.1, 0.15) is 101 Å². The van der Waals surface area contributed by atoms with Gasteiger partial charge < -0.3 is 4.74 Å². The standard InChI is InChI=1S/C46H48N4O/c1-29(2)37-19-13-20-38(30(3)4)43(37)49-26-25-47-45(49)33-15-11-17-35(27-33)51-36-18-12-16-34(28-36)46-48-41-23-9-10-24-42(41)50(46)44-39(31(5)6)21-14-22-40(44)32(7)8/h9-32H,1-8H3. The van der Waals surface area contributed by atoms with Gasteiger partial charge in [-0.3, -0.25) is 9.13 Å². The van der Waals surface area contributed by atoms with Gasteiger partial charge in [-0.25, -0.2) is 9.97 Å². The maximum atomic E-state index is 6.62. The third-order valence-corrected chi connectivity index (χ3v) is 9.77. The number of fused-ring (bicyclic) bond motifs is 1. The Labute approximate surface area is 302 Å². The van der Waals surface area contributed by atoms with Crippen LogP contribution in [0.2, 0.25) is 0 Å². The fraction of sp³-hybridized carbons (Fsp3) is 0.261. The fourth-order valence-electron chi connectivity index (χ4n) is 7.24. The smallest absolute Gasteiger partial charge is 0.145 e. The number of para-hydroxylation sites is 4. The Kier molecular flexibility index (Phi) is 9.39. The molecule has 0 spiro atoms. The monoisotopic (exact) mass is 672 g/mol. The molecule has 0 aliphatic carbocycles. The highest BCUT2D eigenvalue weighted by atomic mass is 16.5. The predicted octanol–water partition coefficient (Wildman–Crippen LogP) is 12.8. The topological polar surface area (TPSA) is 44.9 Å². The van der Waals surface area contributed by atoms with E-state index in [1.54, 1.807) is 0 Å². The minimum atomic E-state index is 0.348. The number of rotatable bonds is 10. The zero-order valence-corrected chi connectivity index (χ0v) is 31.1. The summed E-state index contributed by atoms with van der Waals surface area (Å²) in [4.78, 5) is 10.1. The maximum absolute atomic E-state index is 6.62. The minimum Gasteiger partial charge on any atom is -0.457 e. The summed E-state index contributed by atoms with van der Waals surface area (Å²) in [6.07, 6.45) is 3.97. The van der Waals surface area contributed by atoms with Crippen molar-refractivity contribution >= 4 is 11.0 Å². The van der Waals surface area contributed by atoms with E-state index in [0.29, 0.717) is 23.7 Å². The third kappa shape index (κ3) is 6.49. The molecule has 51 heavy (non-hydrogen) atoms. The number of ether oxygens (including phenoxy) is 1. The van der Waals surface area contributed by atoms with E-state index in [2.05, 4.69) is 162 Å². The van der Waals surface area contributed by atoms with E-state index in [9.17, 15) is 0 Å². The second-order valence-corrected chi connectivity index (χ2v) is 14.7. The van der Waals surface area contributed by atoms with Crippen molar-refractivity contribution in [1.29, 1.82) is 0 Å². The van der Waals surface area contributed by atoms with Crippen LogP contribution in [0.5, 0.6) is 11.5 Å². The summed E-state index contributed by atoms with van der Waals surface area (Å²) in [5, 5.41) is 0. The minimum absolute atomic E-state index is 0.348. The Morgan fingerprint density at radius 1 is 0.510 bits per heavy atom. The van der Waals surface area contributed by atoms with E-state index in [1.807, 2.05) is 24.4 Å². The molecule has 0 unspecified atom stereocenters. The van der Waals surface area contributed by atoms with Crippen molar-refractivity contribution in [3.8, 4) is 45.6 Å². The summed E-state index contributed by atoms with van der Waals surface area (Å²) in [7, 11) is 0. The Morgan fingerprint density at radius 3 is 1.55 bits per heavy atom. The van der Waals surface area contributed by atoms with E-state index in [4.69, 9.17) is 14.7 Å². The molecule has 0 radical (unpaired) electrons. The number of aromatic nitrogens is 4. The van der Waals surface area contributed by atoms with Gasteiger partial charge in [0.2, 0.25) is 0 Å². The Bertz CT molecular complexity index is 2270. The van der Waals surface area contributed by atoms with Gasteiger partial charge in [-0.15, -0.1) is 0 Å². The van der Waals surface area contributed by atoms with Crippen molar-refractivity contribution in [1.82, 2.24) is 19.1 Å². The molecule has 0 amide bonds. The molecule has 0 aliphatic heterocycles. The molecule has 2 aromatic heterocycles. The van der Waals surface area contributed by atoms with Crippen LogP contribution in [0.4, 0.5) is 0 Å². The fourth-order valence-corrected chi connectivity index (χ4v) is 7.24. The van der Waals surface area contributed by atoms with Crippen LogP contribution < -0.4 is 4.74 Å². The van der Waals surface area contributed by atoms with Crippen molar-refractivity contribution in [2.24, 2.45) is 0 Å². The molecule has 0 aliphatic rings. The van der Waals surface area contributed by atoms with E-state index < -0.39 is 0 Å². The molecule has 0 saturated carbocycles. The molecule has 5 heteroatoms. The molecule has 5 nitrogen and oxygen atoms in total. The van der Waals surface area contributed by atoms with Gasteiger partial charge in [0.25, 0.3) is 0 Å². The third-order valence-electron chi connectivity index (χ3n) is 9.77. The van der Waals surface area contributed by atoms with Gasteiger partial charge in [0.1, 0.15) is 23.1 Å². The van der Waals surface area contributed by atoms with Crippen LogP contribution >= 0.6 is 0 Å². The zero-order chi connectivity index (χ0) is 35.8. The van der Waals surface area contributed by atoms with Crippen LogP contribution in [0.25, 0.3) is 45.2 Å². The van der Waals surface area contributed by atoms with Crippen molar-refractivity contribution in [2.45, 2.75) is 79.1 Å². The Morgan fingerprint density at radius 2 is 1.00 bits per heavy atom. The van der Waals surface area contributed by atoms with Crippen molar-refractivity contribution in [3.05, 3.63) is 144 Å². The van der Waals surface area contributed by atoms with Gasteiger partial charge >= 0.3 is 0 Å². The van der Waals surface area contributed by atoms with Crippen molar-refractivity contribution in [3.63, 3.8) is 0 Å². The van der Waals surface area contributed by atoms with Crippen LogP contribution in [-0.4, -0.2) is 19.1 Å². The van der Waals surface area contributed by atoms with E-state index >= 15 is 0 Å². The van der Waals surface area contributed by atoms with Gasteiger partial charge in [-0.2, -0.15) is 0 Å². The maximum Gasteiger partial charge on any atom is 0.145 e. The first-order valence-corrected chi connectivity index (χ1v) is 18.3. The first-order chi connectivity index (χ1) is 24.6. The highest BCUT2D eigenvalue weighted by molar-refractivity contribution is 5.84. The molecule has 0 fully saturated rings. The van der Waals surface area contributed by atoms with Crippen LogP contribution in [0, 0.1) is 0 Å². The van der Waals surface area contributed by atoms with Crippen LogP contribution in [-0.2, 0) is 0 Å². The molecule has 0 bridgehead atoms. The normalized spacial score (nSPS) is 11.8. The average molecular weight is 673 g/mol. The summed E-state index contributed by atoms with van der Waals surface area (Å²) < 4.78 is 11.2. The summed E-state index contributed by atoms with van der Waals surface area (Å²) in [5.41, 5.74) is 11.7. The molecule has 258 valence electrons. The molecule has 7 aromatic rings. The number of hydrogen-bond donors (Lipinski definition) is 0. The quantitative estimate of drug-likeness (QED) is 0.145. The predicted molar refractivity (Wildman–Crippen MR) is 212 cm³/mol. The van der Waals surface area contributed by atoms with Gasteiger partial charge in [-0.05, 0) is 82.3 Å². The lowest BCUT2D eigenvalue weighted by atomic mass is 9.92. The lowest BCUT2D eigenvalue weighted by Crippen LogP contribution is -2.08. The van der Waals surface area contributed by atoms with E-state index in [0.717, 1.165) is 45.3 Å². The molecular weight excluding hydrogens is 625 g/mol. The number of benzene rings is 5. The molecule has 5 aromatic carbocycles. The first kappa shape index (κ1) is 34.0. The van der Waals surface area contributed by atoms with Gasteiger partial charge in [-0.1, -0.05) is 128 Å². The number of hydrogen-bond acceptors (Lipinski definition) is 3. The Balaban J connectivity index is 1.29. The summed E-state index contributed by atoms with van der Waals surface area (Å²) >= 11 is 0. The van der Waals surface area contributed by atoms with Crippen LogP contribution in [0.15, 0.2) is 122 Å². The van der Waals surface area contributed by atoms with E-state index in [-0.39, 0.29) is 0 Å². The molecule has 7 rings (SSSR count). The summed E-state index contributed by atoms with van der Waals surface area (Å²) in [6.45, 7) is 18.1. The molecule has 0 N–H and O–H groups in total. The number of nitrogens with zero attached hydrogens (tertiary/aromatic N) is 4. The molecule has 2 heterocycles. The largest absolute Gasteiger partial charge is 0.457 e.